The highest BCUT2D eigenvalue weighted by atomic mass is 16.5. The first-order chi connectivity index (χ1) is 9.72. The predicted octanol–water partition coefficient (Wildman–Crippen LogP) is 3.88. The minimum atomic E-state index is 0.660. The number of rotatable bonds is 5. The molecule has 0 spiro atoms. The number of nitriles is 1. The molecule has 0 aliphatic rings. The van der Waals surface area contributed by atoms with E-state index in [1.54, 1.807) is 0 Å². The Kier molecular flexibility index (Phi) is 4.62. The summed E-state index contributed by atoms with van der Waals surface area (Å²) in [6.45, 7) is 5.28. The van der Waals surface area contributed by atoms with Gasteiger partial charge < -0.3 is 10.1 Å². The second-order valence-electron chi connectivity index (χ2n) is 4.59. The van der Waals surface area contributed by atoms with Gasteiger partial charge >= 0.3 is 0 Å². The highest BCUT2D eigenvalue weighted by Crippen LogP contribution is 2.19. The normalized spacial score (nSPS) is 9.85. The average molecular weight is 266 g/mol. The largest absolute Gasteiger partial charge is 0.494 e. The van der Waals surface area contributed by atoms with E-state index in [9.17, 15) is 0 Å². The Labute approximate surface area is 119 Å². The van der Waals surface area contributed by atoms with E-state index in [1.165, 1.54) is 0 Å². The van der Waals surface area contributed by atoms with Gasteiger partial charge in [0.2, 0.25) is 0 Å². The molecule has 0 unspecified atom stereocenters. The highest BCUT2D eigenvalue weighted by Gasteiger charge is 2.02. The molecule has 0 aliphatic carbocycles. The van der Waals surface area contributed by atoms with Gasteiger partial charge in [0, 0.05) is 6.54 Å². The molecular weight excluding hydrogens is 248 g/mol. The third kappa shape index (κ3) is 3.52. The first kappa shape index (κ1) is 14.0. The van der Waals surface area contributed by atoms with Crippen LogP contribution in [0.2, 0.25) is 0 Å². The predicted molar refractivity (Wildman–Crippen MR) is 80.8 cm³/mol. The van der Waals surface area contributed by atoms with E-state index in [-0.39, 0.29) is 0 Å². The Morgan fingerprint density at radius 3 is 2.80 bits per heavy atom. The van der Waals surface area contributed by atoms with Gasteiger partial charge in [-0.3, -0.25) is 0 Å². The van der Waals surface area contributed by atoms with Gasteiger partial charge in [-0.2, -0.15) is 5.26 Å². The van der Waals surface area contributed by atoms with Crippen molar-refractivity contribution in [3.8, 4) is 11.8 Å². The molecule has 102 valence electrons. The summed E-state index contributed by atoms with van der Waals surface area (Å²) in [6.07, 6.45) is 0. The molecule has 20 heavy (non-hydrogen) atoms. The van der Waals surface area contributed by atoms with Crippen LogP contribution in [-0.2, 0) is 6.54 Å². The first-order valence-corrected chi connectivity index (χ1v) is 6.69. The molecule has 0 atom stereocenters. The van der Waals surface area contributed by atoms with Crippen molar-refractivity contribution >= 4 is 5.69 Å². The van der Waals surface area contributed by atoms with Crippen LogP contribution < -0.4 is 10.1 Å². The molecular formula is C17H18N2O. The van der Waals surface area contributed by atoms with Crippen molar-refractivity contribution in [3.05, 3.63) is 59.2 Å². The molecule has 2 aromatic rings. The standard InChI is InChI=1S/C17H18N2O/c1-3-20-16-6-4-5-14(10-16)12-19-17-8-7-13(2)9-15(17)11-18/h4-10,19H,3,12H2,1-2H3. The summed E-state index contributed by atoms with van der Waals surface area (Å²) in [6, 6.07) is 16.0. The van der Waals surface area contributed by atoms with E-state index in [2.05, 4.69) is 11.4 Å². The SMILES string of the molecule is CCOc1cccc(CNc2ccc(C)cc2C#N)c1. The lowest BCUT2D eigenvalue weighted by Crippen LogP contribution is -2.02. The van der Waals surface area contributed by atoms with Gasteiger partial charge in [0.05, 0.1) is 17.9 Å². The quantitative estimate of drug-likeness (QED) is 0.893. The van der Waals surface area contributed by atoms with E-state index in [0.717, 1.165) is 22.6 Å². The molecule has 3 nitrogen and oxygen atoms in total. The first-order valence-electron chi connectivity index (χ1n) is 6.69. The highest BCUT2D eigenvalue weighted by molar-refractivity contribution is 5.58. The smallest absolute Gasteiger partial charge is 0.119 e. The molecule has 0 bridgehead atoms. The molecule has 2 aromatic carbocycles. The summed E-state index contributed by atoms with van der Waals surface area (Å²) >= 11 is 0. The second kappa shape index (κ2) is 6.63. The molecule has 0 saturated carbocycles. The van der Waals surface area contributed by atoms with E-state index in [0.29, 0.717) is 18.7 Å². The summed E-state index contributed by atoms with van der Waals surface area (Å²) in [5.41, 5.74) is 3.75. The van der Waals surface area contributed by atoms with Crippen LogP contribution in [-0.4, -0.2) is 6.61 Å². The minimum absolute atomic E-state index is 0.660. The van der Waals surface area contributed by atoms with Crippen LogP contribution >= 0.6 is 0 Å². The third-order valence-electron chi connectivity index (χ3n) is 2.99. The van der Waals surface area contributed by atoms with Crippen LogP contribution in [0.3, 0.4) is 0 Å². The molecule has 0 saturated heterocycles. The Morgan fingerprint density at radius 1 is 1.20 bits per heavy atom. The summed E-state index contributed by atoms with van der Waals surface area (Å²) in [4.78, 5) is 0. The van der Waals surface area contributed by atoms with Crippen LogP contribution in [0.15, 0.2) is 42.5 Å². The van der Waals surface area contributed by atoms with Crippen LogP contribution in [0, 0.1) is 18.3 Å². The number of anilines is 1. The van der Waals surface area contributed by atoms with Crippen LogP contribution in [0.4, 0.5) is 5.69 Å². The van der Waals surface area contributed by atoms with Gasteiger partial charge in [-0.05, 0) is 49.2 Å². The molecule has 0 aliphatic heterocycles. The summed E-state index contributed by atoms with van der Waals surface area (Å²) in [7, 11) is 0. The fourth-order valence-electron chi connectivity index (χ4n) is 2.01. The molecule has 2 rings (SSSR count). The van der Waals surface area contributed by atoms with Crippen molar-refractivity contribution in [2.24, 2.45) is 0 Å². The van der Waals surface area contributed by atoms with Crippen molar-refractivity contribution in [1.29, 1.82) is 5.26 Å². The zero-order valence-electron chi connectivity index (χ0n) is 11.8. The average Bonchev–Trinajstić information content (AvgIpc) is 2.46. The number of aryl methyl sites for hydroxylation is 1. The fraction of sp³-hybridized carbons (Fsp3) is 0.235. The number of hydrogen-bond acceptors (Lipinski definition) is 3. The van der Waals surface area contributed by atoms with Gasteiger partial charge in [-0.1, -0.05) is 18.2 Å². The Bertz CT molecular complexity index is 629. The van der Waals surface area contributed by atoms with E-state index in [4.69, 9.17) is 10.00 Å². The lowest BCUT2D eigenvalue weighted by atomic mass is 10.1. The van der Waals surface area contributed by atoms with E-state index >= 15 is 0 Å². The summed E-state index contributed by atoms with van der Waals surface area (Å²) in [5, 5.41) is 12.4. The Morgan fingerprint density at radius 2 is 2.05 bits per heavy atom. The number of benzene rings is 2. The molecule has 0 amide bonds. The molecule has 1 N–H and O–H groups in total. The van der Waals surface area contributed by atoms with Gasteiger partial charge in [0.1, 0.15) is 11.8 Å². The Balaban J connectivity index is 2.09. The zero-order chi connectivity index (χ0) is 14.4. The molecule has 0 aromatic heterocycles. The number of hydrogen-bond donors (Lipinski definition) is 1. The molecule has 0 fully saturated rings. The number of nitrogens with one attached hydrogen (secondary N) is 1. The summed E-state index contributed by atoms with van der Waals surface area (Å²) < 4.78 is 5.48. The van der Waals surface area contributed by atoms with E-state index in [1.807, 2.05) is 56.3 Å². The van der Waals surface area contributed by atoms with Crippen molar-refractivity contribution in [3.63, 3.8) is 0 Å². The van der Waals surface area contributed by atoms with Crippen molar-refractivity contribution in [2.75, 3.05) is 11.9 Å². The van der Waals surface area contributed by atoms with Crippen molar-refractivity contribution in [1.82, 2.24) is 0 Å². The van der Waals surface area contributed by atoms with Gasteiger partial charge in [0.25, 0.3) is 0 Å². The molecule has 3 heteroatoms. The summed E-state index contributed by atoms with van der Waals surface area (Å²) in [5.74, 6) is 0.871. The monoisotopic (exact) mass is 266 g/mol. The minimum Gasteiger partial charge on any atom is -0.494 e. The lowest BCUT2D eigenvalue weighted by Gasteiger charge is -2.10. The second-order valence-corrected chi connectivity index (χ2v) is 4.59. The maximum Gasteiger partial charge on any atom is 0.119 e. The zero-order valence-corrected chi connectivity index (χ0v) is 11.8. The van der Waals surface area contributed by atoms with Crippen molar-refractivity contribution in [2.45, 2.75) is 20.4 Å². The van der Waals surface area contributed by atoms with E-state index < -0.39 is 0 Å². The third-order valence-corrected chi connectivity index (χ3v) is 2.99. The van der Waals surface area contributed by atoms with Crippen LogP contribution in [0.5, 0.6) is 5.75 Å². The van der Waals surface area contributed by atoms with Gasteiger partial charge in [-0.25, -0.2) is 0 Å². The maximum absolute atomic E-state index is 9.14. The molecule has 0 heterocycles. The maximum atomic E-state index is 9.14. The number of ether oxygens (including phenoxy) is 1. The number of nitrogens with zero attached hydrogens (tertiary/aromatic N) is 1. The Hall–Kier alpha value is -2.47. The van der Waals surface area contributed by atoms with Crippen LogP contribution in [0.25, 0.3) is 0 Å². The van der Waals surface area contributed by atoms with Crippen LogP contribution in [0.1, 0.15) is 23.6 Å². The van der Waals surface area contributed by atoms with Gasteiger partial charge in [-0.15, -0.1) is 0 Å². The lowest BCUT2D eigenvalue weighted by molar-refractivity contribution is 0.340. The van der Waals surface area contributed by atoms with Crippen molar-refractivity contribution < 1.29 is 4.74 Å². The fourth-order valence-corrected chi connectivity index (χ4v) is 2.01. The molecule has 0 radical (unpaired) electrons. The van der Waals surface area contributed by atoms with Gasteiger partial charge in [0.15, 0.2) is 0 Å². The topological polar surface area (TPSA) is 45.0 Å².